The molecule has 27 heavy (non-hydrogen) atoms. The number of nitrogens with one attached hydrogen (secondary N) is 2. The molecule has 0 bridgehead atoms. The van der Waals surface area contributed by atoms with Gasteiger partial charge < -0.3 is 20.8 Å². The van der Waals surface area contributed by atoms with Crippen LogP contribution in [0.25, 0.3) is 0 Å². The van der Waals surface area contributed by atoms with Crippen LogP contribution in [0.5, 0.6) is 0 Å². The summed E-state index contributed by atoms with van der Waals surface area (Å²) in [4.78, 5) is 48.8. The van der Waals surface area contributed by atoms with Crippen LogP contribution in [-0.4, -0.2) is 45.5 Å². The molecule has 1 heterocycles. The zero-order valence-corrected chi connectivity index (χ0v) is 15.1. The van der Waals surface area contributed by atoms with Crippen molar-refractivity contribution in [1.82, 2.24) is 10.3 Å². The molecule has 0 spiro atoms. The predicted octanol–water partition coefficient (Wildman–Crippen LogP) is 2.04. The Morgan fingerprint density at radius 1 is 0.852 bits per heavy atom. The second-order valence-corrected chi connectivity index (χ2v) is 6.02. The van der Waals surface area contributed by atoms with E-state index in [1.54, 1.807) is 12.1 Å². The third kappa shape index (κ3) is 10.6. The summed E-state index contributed by atoms with van der Waals surface area (Å²) in [5, 5.41) is 22.4. The number of carboxylic acids is 2. The summed E-state index contributed by atoms with van der Waals surface area (Å²) in [5.41, 5.74) is 0.171. The minimum Gasteiger partial charge on any atom is -0.481 e. The van der Waals surface area contributed by atoms with E-state index in [0.717, 1.165) is 0 Å². The van der Waals surface area contributed by atoms with Crippen molar-refractivity contribution in [2.75, 3.05) is 11.9 Å². The van der Waals surface area contributed by atoms with Crippen molar-refractivity contribution in [2.24, 2.45) is 0 Å². The number of aromatic nitrogens is 1. The highest BCUT2D eigenvalue weighted by Crippen LogP contribution is 2.08. The summed E-state index contributed by atoms with van der Waals surface area (Å²) in [6.45, 7) is 0.417. The fourth-order valence-corrected chi connectivity index (χ4v) is 2.27. The molecule has 2 amide bonds. The van der Waals surface area contributed by atoms with E-state index in [4.69, 9.17) is 10.2 Å². The van der Waals surface area contributed by atoms with Crippen LogP contribution in [0, 0.1) is 0 Å². The Balaban J connectivity index is 2.34. The van der Waals surface area contributed by atoms with Crippen molar-refractivity contribution in [3.05, 3.63) is 23.9 Å². The number of anilines is 1. The van der Waals surface area contributed by atoms with Gasteiger partial charge in [0.15, 0.2) is 0 Å². The first-order chi connectivity index (χ1) is 12.9. The van der Waals surface area contributed by atoms with Crippen molar-refractivity contribution in [2.45, 2.75) is 51.4 Å². The zero-order chi connectivity index (χ0) is 20.1. The average molecular weight is 379 g/mol. The number of hydrogen-bond donors (Lipinski definition) is 4. The van der Waals surface area contributed by atoms with Gasteiger partial charge in [0.25, 0.3) is 5.91 Å². The molecule has 0 atom stereocenters. The fourth-order valence-electron chi connectivity index (χ4n) is 2.27. The first kappa shape index (κ1) is 22.1. The van der Waals surface area contributed by atoms with Gasteiger partial charge in [-0.15, -0.1) is 0 Å². The Morgan fingerprint density at radius 3 is 2.15 bits per heavy atom. The molecule has 0 unspecified atom stereocenters. The standard InChI is InChI=1S/C18H25N3O6/c22-15(9-3-4-11-17(25)26)21-14-8-6-7-13(20-14)18(27)19-12-5-1-2-10-16(23)24/h6-8H,1-5,9-12H2,(H,19,27)(H,23,24)(H,25,26)(H,20,21,22). The lowest BCUT2D eigenvalue weighted by Gasteiger charge is -2.07. The van der Waals surface area contributed by atoms with E-state index in [0.29, 0.717) is 38.6 Å². The predicted molar refractivity (Wildman–Crippen MR) is 97.4 cm³/mol. The molecule has 4 N–H and O–H groups in total. The first-order valence-electron chi connectivity index (χ1n) is 8.87. The molecule has 0 saturated heterocycles. The van der Waals surface area contributed by atoms with Crippen LogP contribution in [-0.2, 0) is 14.4 Å². The Morgan fingerprint density at radius 2 is 1.48 bits per heavy atom. The van der Waals surface area contributed by atoms with Crippen molar-refractivity contribution >= 4 is 29.6 Å². The molecule has 1 aromatic rings. The number of amides is 2. The molecule has 9 heteroatoms. The molecule has 0 aliphatic heterocycles. The number of nitrogens with zero attached hydrogens (tertiary/aromatic N) is 1. The molecule has 0 aliphatic rings. The summed E-state index contributed by atoms with van der Waals surface area (Å²) < 4.78 is 0. The largest absolute Gasteiger partial charge is 0.481 e. The molecule has 0 fully saturated rings. The molecule has 1 aromatic heterocycles. The molecule has 0 radical (unpaired) electrons. The van der Waals surface area contributed by atoms with Gasteiger partial charge in [0, 0.05) is 25.8 Å². The van der Waals surface area contributed by atoms with E-state index in [1.165, 1.54) is 6.07 Å². The van der Waals surface area contributed by atoms with E-state index in [2.05, 4.69) is 15.6 Å². The maximum Gasteiger partial charge on any atom is 0.303 e. The summed E-state index contributed by atoms with van der Waals surface area (Å²) in [6.07, 6.45) is 3.15. The number of unbranched alkanes of at least 4 members (excludes halogenated alkanes) is 3. The highest BCUT2D eigenvalue weighted by Gasteiger charge is 2.09. The first-order valence-corrected chi connectivity index (χ1v) is 8.87. The van der Waals surface area contributed by atoms with Crippen molar-refractivity contribution in [3.63, 3.8) is 0 Å². The lowest BCUT2D eigenvalue weighted by Crippen LogP contribution is -2.25. The van der Waals surface area contributed by atoms with Gasteiger partial charge in [-0.05, 0) is 37.8 Å². The molecule has 0 aromatic carbocycles. The maximum atomic E-state index is 12.1. The zero-order valence-electron chi connectivity index (χ0n) is 15.1. The van der Waals surface area contributed by atoms with Gasteiger partial charge >= 0.3 is 11.9 Å². The smallest absolute Gasteiger partial charge is 0.303 e. The van der Waals surface area contributed by atoms with Gasteiger partial charge in [-0.3, -0.25) is 19.2 Å². The van der Waals surface area contributed by atoms with E-state index < -0.39 is 11.9 Å². The van der Waals surface area contributed by atoms with Gasteiger partial charge in [-0.25, -0.2) is 4.98 Å². The highest BCUT2D eigenvalue weighted by molar-refractivity contribution is 5.94. The number of carbonyl (C=O) groups is 4. The van der Waals surface area contributed by atoms with Crippen LogP contribution in [0.3, 0.4) is 0 Å². The second kappa shape index (κ2) is 12.4. The molecule has 9 nitrogen and oxygen atoms in total. The van der Waals surface area contributed by atoms with E-state index in [1.807, 2.05) is 0 Å². The molecule has 0 aliphatic carbocycles. The minimum absolute atomic E-state index is 0.0253. The maximum absolute atomic E-state index is 12.1. The normalized spacial score (nSPS) is 10.2. The third-order valence-corrected chi connectivity index (χ3v) is 3.65. The summed E-state index contributed by atoms with van der Waals surface area (Å²) in [6, 6.07) is 4.70. The number of rotatable bonds is 13. The average Bonchev–Trinajstić information content (AvgIpc) is 2.61. The molecule has 1 rings (SSSR count). The van der Waals surface area contributed by atoms with Gasteiger partial charge in [-0.2, -0.15) is 0 Å². The summed E-state index contributed by atoms with van der Waals surface area (Å²) in [7, 11) is 0. The molecular formula is C18H25N3O6. The molecule has 148 valence electrons. The van der Waals surface area contributed by atoms with Crippen LogP contribution >= 0.6 is 0 Å². The SMILES string of the molecule is O=C(O)CCCCCNC(=O)c1cccc(NC(=O)CCCCC(=O)O)n1. The van der Waals surface area contributed by atoms with Crippen LogP contribution < -0.4 is 10.6 Å². The van der Waals surface area contributed by atoms with Crippen LogP contribution in [0.1, 0.15) is 61.9 Å². The Labute approximate surface area is 157 Å². The number of aliphatic carboxylic acids is 2. The number of hydrogen-bond acceptors (Lipinski definition) is 5. The Hall–Kier alpha value is -2.97. The number of carbonyl (C=O) groups excluding carboxylic acids is 2. The van der Waals surface area contributed by atoms with Gasteiger partial charge in [0.1, 0.15) is 11.5 Å². The van der Waals surface area contributed by atoms with Crippen molar-refractivity contribution in [3.8, 4) is 0 Å². The monoisotopic (exact) mass is 379 g/mol. The summed E-state index contributed by atoms with van der Waals surface area (Å²) in [5.74, 6) is -2.12. The van der Waals surface area contributed by atoms with Crippen LogP contribution in [0.4, 0.5) is 5.82 Å². The minimum atomic E-state index is -0.891. The number of pyridine rings is 1. The van der Waals surface area contributed by atoms with Crippen molar-refractivity contribution < 1.29 is 29.4 Å². The molecular weight excluding hydrogens is 354 g/mol. The van der Waals surface area contributed by atoms with Gasteiger partial charge in [-0.1, -0.05) is 12.5 Å². The summed E-state index contributed by atoms with van der Waals surface area (Å²) >= 11 is 0. The molecule has 0 saturated carbocycles. The van der Waals surface area contributed by atoms with Crippen LogP contribution in [0.15, 0.2) is 18.2 Å². The van der Waals surface area contributed by atoms with E-state index in [9.17, 15) is 19.2 Å². The lowest BCUT2D eigenvalue weighted by atomic mass is 10.2. The quantitative estimate of drug-likeness (QED) is 0.384. The fraction of sp³-hybridized carbons (Fsp3) is 0.500. The Bertz CT molecular complexity index is 662. The topological polar surface area (TPSA) is 146 Å². The lowest BCUT2D eigenvalue weighted by molar-refractivity contribution is -0.138. The van der Waals surface area contributed by atoms with E-state index in [-0.39, 0.29) is 42.6 Å². The Kier molecular flexibility index (Phi) is 10.1. The van der Waals surface area contributed by atoms with Crippen LogP contribution in [0.2, 0.25) is 0 Å². The third-order valence-electron chi connectivity index (χ3n) is 3.65. The van der Waals surface area contributed by atoms with E-state index >= 15 is 0 Å². The highest BCUT2D eigenvalue weighted by atomic mass is 16.4. The van der Waals surface area contributed by atoms with Gasteiger partial charge in [0.2, 0.25) is 5.91 Å². The van der Waals surface area contributed by atoms with Gasteiger partial charge in [0.05, 0.1) is 0 Å². The van der Waals surface area contributed by atoms with Crippen molar-refractivity contribution in [1.29, 1.82) is 0 Å². The number of carboxylic acid groups (broad SMARTS) is 2. The second-order valence-electron chi connectivity index (χ2n) is 6.02.